The van der Waals surface area contributed by atoms with E-state index in [2.05, 4.69) is 17.1 Å². The molecule has 0 saturated carbocycles. The summed E-state index contributed by atoms with van der Waals surface area (Å²) in [7, 11) is 1.58. The molecule has 20 heavy (non-hydrogen) atoms. The summed E-state index contributed by atoms with van der Waals surface area (Å²) in [6, 6.07) is 5.23. The molecule has 1 atom stereocenters. The first-order chi connectivity index (χ1) is 9.62. The summed E-state index contributed by atoms with van der Waals surface area (Å²) in [6.07, 6.45) is 2.37. The Hall–Kier alpha value is -1.75. The van der Waals surface area contributed by atoms with Crippen LogP contribution in [-0.2, 0) is 4.79 Å². The van der Waals surface area contributed by atoms with Gasteiger partial charge in [0.2, 0.25) is 5.91 Å². The normalized spacial score (nSPS) is 19.0. The van der Waals surface area contributed by atoms with Crippen LogP contribution in [0.5, 0.6) is 5.75 Å². The molecular formula is C15H23N3O2. The van der Waals surface area contributed by atoms with Crippen molar-refractivity contribution in [2.45, 2.75) is 19.8 Å². The summed E-state index contributed by atoms with van der Waals surface area (Å²) in [6.45, 7) is 4.64. The summed E-state index contributed by atoms with van der Waals surface area (Å²) in [5.41, 5.74) is 6.97. The molecule has 0 aliphatic carbocycles. The minimum Gasteiger partial charge on any atom is -0.495 e. The van der Waals surface area contributed by atoms with E-state index < -0.39 is 0 Å². The molecule has 0 bridgehead atoms. The molecule has 1 aromatic carbocycles. The number of ether oxygens (including phenoxy) is 1. The summed E-state index contributed by atoms with van der Waals surface area (Å²) < 4.78 is 5.22. The fraction of sp³-hybridized carbons (Fsp3) is 0.533. The van der Waals surface area contributed by atoms with Crippen LogP contribution < -0.4 is 15.8 Å². The van der Waals surface area contributed by atoms with Crippen LogP contribution in [0.1, 0.15) is 19.8 Å². The summed E-state index contributed by atoms with van der Waals surface area (Å²) in [5.74, 6) is 1.33. The smallest absolute Gasteiger partial charge is 0.238 e. The van der Waals surface area contributed by atoms with Crippen LogP contribution >= 0.6 is 0 Å². The number of carbonyl (C=O) groups excluding carboxylic acids is 1. The molecule has 1 unspecified atom stereocenters. The lowest BCUT2D eigenvalue weighted by molar-refractivity contribution is -0.117. The highest BCUT2D eigenvalue weighted by atomic mass is 16.5. The predicted molar refractivity (Wildman–Crippen MR) is 80.9 cm³/mol. The summed E-state index contributed by atoms with van der Waals surface area (Å²) >= 11 is 0. The van der Waals surface area contributed by atoms with Gasteiger partial charge in [0.05, 0.1) is 19.3 Å². The van der Waals surface area contributed by atoms with Gasteiger partial charge in [-0.05, 0) is 37.1 Å². The number of amides is 1. The van der Waals surface area contributed by atoms with Crippen LogP contribution in [-0.4, -0.2) is 37.6 Å². The molecule has 1 aliphatic heterocycles. The van der Waals surface area contributed by atoms with Crippen molar-refractivity contribution in [2.24, 2.45) is 5.92 Å². The maximum Gasteiger partial charge on any atom is 0.238 e. The molecule has 1 amide bonds. The van der Waals surface area contributed by atoms with Gasteiger partial charge in [-0.15, -0.1) is 0 Å². The largest absolute Gasteiger partial charge is 0.495 e. The number of anilines is 2. The second-order valence-electron chi connectivity index (χ2n) is 5.31. The molecule has 0 radical (unpaired) electrons. The minimum atomic E-state index is -0.0225. The molecule has 3 N–H and O–H groups in total. The van der Waals surface area contributed by atoms with E-state index in [1.165, 1.54) is 12.8 Å². The first-order valence-electron chi connectivity index (χ1n) is 7.08. The van der Waals surface area contributed by atoms with Crippen LogP contribution in [0.3, 0.4) is 0 Å². The molecule has 110 valence electrons. The van der Waals surface area contributed by atoms with E-state index in [4.69, 9.17) is 10.5 Å². The van der Waals surface area contributed by atoms with E-state index in [1.54, 1.807) is 25.3 Å². The molecule has 1 aromatic rings. The van der Waals surface area contributed by atoms with Gasteiger partial charge in [-0.25, -0.2) is 0 Å². The van der Waals surface area contributed by atoms with Gasteiger partial charge in [0.1, 0.15) is 5.75 Å². The highest BCUT2D eigenvalue weighted by Gasteiger charge is 2.22. The lowest BCUT2D eigenvalue weighted by Crippen LogP contribution is -2.31. The second kappa shape index (κ2) is 6.61. The lowest BCUT2D eigenvalue weighted by atomic mass is 10.1. The number of methoxy groups -OCH3 is 1. The highest BCUT2D eigenvalue weighted by molar-refractivity contribution is 5.94. The van der Waals surface area contributed by atoms with Crippen molar-refractivity contribution in [1.29, 1.82) is 0 Å². The predicted octanol–water partition coefficient (Wildman–Crippen LogP) is 1.95. The zero-order chi connectivity index (χ0) is 14.5. The van der Waals surface area contributed by atoms with Gasteiger partial charge < -0.3 is 15.8 Å². The second-order valence-corrected chi connectivity index (χ2v) is 5.31. The van der Waals surface area contributed by atoms with E-state index in [9.17, 15) is 4.79 Å². The molecule has 1 fully saturated rings. The van der Waals surface area contributed by atoms with Crippen molar-refractivity contribution in [2.75, 3.05) is 37.8 Å². The maximum atomic E-state index is 12.1. The van der Waals surface area contributed by atoms with E-state index in [1.807, 2.05) is 0 Å². The van der Waals surface area contributed by atoms with Crippen molar-refractivity contribution in [3.63, 3.8) is 0 Å². The number of nitrogens with two attached hydrogens (primary N) is 1. The monoisotopic (exact) mass is 277 g/mol. The Labute approximate surface area is 120 Å². The molecule has 2 rings (SSSR count). The maximum absolute atomic E-state index is 12.1. The molecule has 1 aliphatic rings. The third-order valence-corrected chi connectivity index (χ3v) is 3.81. The standard InChI is InChI=1S/C15H23N3O2/c1-3-11-6-7-18(9-11)10-15(19)17-13-8-12(16)4-5-14(13)20-2/h4-5,8,11H,3,6-7,9-10,16H2,1-2H3,(H,17,19). The van der Waals surface area contributed by atoms with Gasteiger partial charge in [-0.1, -0.05) is 13.3 Å². The molecule has 1 saturated heterocycles. The zero-order valence-electron chi connectivity index (χ0n) is 12.2. The number of carbonyl (C=O) groups is 1. The van der Waals surface area contributed by atoms with Gasteiger partial charge in [-0.2, -0.15) is 0 Å². The van der Waals surface area contributed by atoms with Crippen molar-refractivity contribution >= 4 is 17.3 Å². The summed E-state index contributed by atoms with van der Waals surface area (Å²) in [4.78, 5) is 14.3. The van der Waals surface area contributed by atoms with Gasteiger partial charge in [0, 0.05) is 12.2 Å². The van der Waals surface area contributed by atoms with E-state index in [0.29, 0.717) is 23.7 Å². The number of nitrogen functional groups attached to an aromatic ring is 1. The van der Waals surface area contributed by atoms with Gasteiger partial charge >= 0.3 is 0 Å². The zero-order valence-corrected chi connectivity index (χ0v) is 12.2. The average Bonchev–Trinajstić information content (AvgIpc) is 2.86. The molecule has 1 heterocycles. The first kappa shape index (κ1) is 14.7. The molecule has 5 heteroatoms. The lowest BCUT2D eigenvalue weighted by Gasteiger charge is -2.16. The van der Waals surface area contributed by atoms with Crippen LogP contribution in [0, 0.1) is 5.92 Å². The van der Waals surface area contributed by atoms with Crippen LogP contribution in [0.4, 0.5) is 11.4 Å². The molecule has 5 nitrogen and oxygen atoms in total. The van der Waals surface area contributed by atoms with Gasteiger partial charge in [-0.3, -0.25) is 9.69 Å². The van der Waals surface area contributed by atoms with Crippen molar-refractivity contribution in [1.82, 2.24) is 4.90 Å². The molecule has 0 spiro atoms. The molecule has 0 aromatic heterocycles. The quantitative estimate of drug-likeness (QED) is 0.807. The van der Waals surface area contributed by atoms with Crippen LogP contribution in [0.2, 0.25) is 0 Å². The Bertz CT molecular complexity index is 476. The number of likely N-dealkylation sites (tertiary alicyclic amines) is 1. The Kier molecular flexibility index (Phi) is 4.84. The fourth-order valence-electron chi connectivity index (χ4n) is 2.61. The summed E-state index contributed by atoms with van der Waals surface area (Å²) in [5, 5.41) is 2.88. The van der Waals surface area contributed by atoms with E-state index in [0.717, 1.165) is 19.0 Å². The Morgan fingerprint density at radius 2 is 2.35 bits per heavy atom. The van der Waals surface area contributed by atoms with Crippen LogP contribution in [0.15, 0.2) is 18.2 Å². The Morgan fingerprint density at radius 1 is 1.55 bits per heavy atom. The number of hydrogen-bond donors (Lipinski definition) is 2. The topological polar surface area (TPSA) is 67.6 Å². The highest BCUT2D eigenvalue weighted by Crippen LogP contribution is 2.26. The Balaban J connectivity index is 1.93. The molecular weight excluding hydrogens is 254 g/mol. The van der Waals surface area contributed by atoms with Crippen molar-refractivity contribution in [3.8, 4) is 5.75 Å². The van der Waals surface area contributed by atoms with Gasteiger partial charge in [0.15, 0.2) is 0 Å². The average molecular weight is 277 g/mol. The number of hydrogen-bond acceptors (Lipinski definition) is 4. The number of benzene rings is 1. The fourth-order valence-corrected chi connectivity index (χ4v) is 2.61. The SMILES string of the molecule is CCC1CCN(CC(=O)Nc2cc(N)ccc2OC)C1. The van der Waals surface area contributed by atoms with Crippen LogP contribution in [0.25, 0.3) is 0 Å². The first-order valence-corrected chi connectivity index (χ1v) is 7.08. The van der Waals surface area contributed by atoms with Gasteiger partial charge in [0.25, 0.3) is 0 Å². The van der Waals surface area contributed by atoms with E-state index >= 15 is 0 Å². The minimum absolute atomic E-state index is 0.0225. The third-order valence-electron chi connectivity index (χ3n) is 3.81. The third kappa shape index (κ3) is 3.63. The van der Waals surface area contributed by atoms with Crippen molar-refractivity contribution in [3.05, 3.63) is 18.2 Å². The number of nitrogens with zero attached hydrogens (tertiary/aromatic N) is 1. The van der Waals surface area contributed by atoms with E-state index in [-0.39, 0.29) is 5.91 Å². The van der Waals surface area contributed by atoms with Crippen molar-refractivity contribution < 1.29 is 9.53 Å². The number of rotatable bonds is 5. The Morgan fingerprint density at radius 3 is 3.00 bits per heavy atom. The number of nitrogens with one attached hydrogen (secondary N) is 1.